The maximum Gasteiger partial charge on any atom is 0.286 e. The molecule has 2 heterocycles. The van der Waals surface area contributed by atoms with Crippen molar-refractivity contribution in [2.45, 2.75) is 12.5 Å². The van der Waals surface area contributed by atoms with E-state index >= 15 is 0 Å². The number of benzene rings is 3. The Morgan fingerprint density at radius 1 is 1.03 bits per heavy atom. The molecule has 7 heteroatoms. The second-order valence-corrected chi connectivity index (χ2v) is 9.06. The molecule has 2 aliphatic heterocycles. The lowest BCUT2D eigenvalue weighted by Gasteiger charge is -2.22. The van der Waals surface area contributed by atoms with Crippen molar-refractivity contribution in [2.75, 3.05) is 7.11 Å². The molecule has 33 heavy (non-hydrogen) atoms. The molecule has 1 unspecified atom stereocenters. The number of halogens is 1. The van der Waals surface area contributed by atoms with Gasteiger partial charge in [0.2, 0.25) is 0 Å². The fraction of sp³-hybridized carbons (Fsp3) is 0.115. The summed E-state index contributed by atoms with van der Waals surface area (Å²) in [6, 6.07) is 25.3. The third kappa shape index (κ3) is 4.58. The van der Waals surface area contributed by atoms with Crippen LogP contribution >= 0.6 is 23.4 Å². The van der Waals surface area contributed by atoms with E-state index in [0.717, 1.165) is 28.2 Å². The quantitative estimate of drug-likeness (QED) is 0.425. The molecule has 1 atom stereocenters. The molecule has 1 amide bonds. The van der Waals surface area contributed by atoms with Gasteiger partial charge in [-0.15, -0.1) is 0 Å². The molecule has 0 aromatic heterocycles. The van der Waals surface area contributed by atoms with Crippen LogP contribution in [-0.4, -0.2) is 28.9 Å². The van der Waals surface area contributed by atoms with Crippen molar-refractivity contribution in [3.8, 4) is 5.75 Å². The number of nitrogens with zero attached hydrogens (tertiary/aromatic N) is 3. The topological polar surface area (TPSA) is 54.3 Å². The normalized spacial score (nSPS) is 19.1. The van der Waals surface area contributed by atoms with Gasteiger partial charge in [-0.05, 0) is 58.8 Å². The molecule has 0 aliphatic carbocycles. The van der Waals surface area contributed by atoms with Crippen molar-refractivity contribution >= 4 is 46.2 Å². The second-order valence-electron chi connectivity index (χ2n) is 7.61. The van der Waals surface area contributed by atoms with Crippen molar-refractivity contribution in [3.63, 3.8) is 0 Å². The van der Waals surface area contributed by atoms with Gasteiger partial charge in [0.05, 0.1) is 23.8 Å². The second kappa shape index (κ2) is 9.25. The molecular formula is C26H20ClN3O2S. The molecule has 164 valence electrons. The Bertz CT molecular complexity index is 1270. The summed E-state index contributed by atoms with van der Waals surface area (Å²) in [6.07, 6.45) is 2.55. The van der Waals surface area contributed by atoms with Crippen molar-refractivity contribution < 1.29 is 9.53 Å². The van der Waals surface area contributed by atoms with Crippen LogP contribution in [0.2, 0.25) is 5.02 Å². The van der Waals surface area contributed by atoms with E-state index in [9.17, 15) is 4.79 Å². The van der Waals surface area contributed by atoms with Crippen LogP contribution in [0.3, 0.4) is 0 Å². The van der Waals surface area contributed by atoms with Gasteiger partial charge >= 0.3 is 0 Å². The number of hydrogen-bond acceptors (Lipinski definition) is 5. The summed E-state index contributed by atoms with van der Waals surface area (Å²) in [5, 5.41) is 8.01. The van der Waals surface area contributed by atoms with Crippen LogP contribution < -0.4 is 4.74 Å². The average molecular weight is 474 g/mol. The Balaban J connectivity index is 1.45. The van der Waals surface area contributed by atoms with Crippen LogP contribution in [0.5, 0.6) is 5.75 Å². The van der Waals surface area contributed by atoms with Crippen LogP contribution in [0.15, 0.2) is 93.9 Å². The van der Waals surface area contributed by atoms with Crippen LogP contribution in [-0.2, 0) is 4.79 Å². The molecule has 5 nitrogen and oxygen atoms in total. The summed E-state index contributed by atoms with van der Waals surface area (Å²) in [6.45, 7) is 0. The summed E-state index contributed by atoms with van der Waals surface area (Å²) in [4.78, 5) is 17.6. The maximum absolute atomic E-state index is 12.7. The fourth-order valence-electron chi connectivity index (χ4n) is 3.78. The number of methoxy groups -OCH3 is 1. The third-order valence-electron chi connectivity index (χ3n) is 5.49. The van der Waals surface area contributed by atoms with Crippen LogP contribution in [0.25, 0.3) is 6.08 Å². The summed E-state index contributed by atoms with van der Waals surface area (Å²) >= 11 is 7.45. The largest absolute Gasteiger partial charge is 0.497 e. The van der Waals surface area contributed by atoms with Gasteiger partial charge in [-0.3, -0.25) is 4.79 Å². The Kier molecular flexibility index (Phi) is 6.03. The van der Waals surface area contributed by atoms with E-state index in [1.165, 1.54) is 11.8 Å². The van der Waals surface area contributed by atoms with Gasteiger partial charge in [0, 0.05) is 11.4 Å². The highest BCUT2D eigenvalue weighted by Crippen LogP contribution is 2.39. The Hall–Kier alpha value is -3.35. The zero-order valence-electron chi connectivity index (χ0n) is 17.8. The van der Waals surface area contributed by atoms with Crippen molar-refractivity contribution in [1.29, 1.82) is 0 Å². The molecule has 0 fully saturated rings. The number of carbonyl (C=O) groups excluding carboxylic acids is 1. The first kappa shape index (κ1) is 21.5. The highest BCUT2D eigenvalue weighted by Gasteiger charge is 2.36. The Morgan fingerprint density at radius 2 is 1.76 bits per heavy atom. The van der Waals surface area contributed by atoms with Crippen molar-refractivity contribution in [1.82, 2.24) is 5.01 Å². The number of thioether (sulfide) groups is 1. The predicted molar refractivity (Wildman–Crippen MR) is 135 cm³/mol. The predicted octanol–water partition coefficient (Wildman–Crippen LogP) is 6.17. The number of amides is 1. The monoisotopic (exact) mass is 473 g/mol. The van der Waals surface area contributed by atoms with E-state index in [1.807, 2.05) is 89.9 Å². The minimum absolute atomic E-state index is 0.0724. The van der Waals surface area contributed by atoms with E-state index in [-0.39, 0.29) is 11.9 Å². The Morgan fingerprint density at radius 3 is 2.45 bits per heavy atom. The standard InChI is InChI=1S/C26H20ClN3O2S/c1-32-21-13-7-17(8-14-21)15-24-25(31)28-26(33-24)30-23(19-9-11-20(27)12-10-19)16-22(29-30)18-5-3-2-4-6-18/h2-15,23H,16H2,1H3/b24-15-. The first-order valence-corrected chi connectivity index (χ1v) is 11.6. The third-order valence-corrected chi connectivity index (χ3v) is 6.72. The molecule has 0 saturated carbocycles. The van der Waals surface area contributed by atoms with Gasteiger partial charge in [0.15, 0.2) is 5.17 Å². The maximum atomic E-state index is 12.7. The fourth-order valence-corrected chi connectivity index (χ4v) is 4.82. The average Bonchev–Trinajstić information content (AvgIpc) is 3.45. The van der Waals surface area contributed by atoms with E-state index in [2.05, 4.69) is 4.99 Å². The lowest BCUT2D eigenvalue weighted by atomic mass is 9.99. The zero-order chi connectivity index (χ0) is 22.8. The molecule has 0 saturated heterocycles. The van der Waals surface area contributed by atoms with Gasteiger partial charge in [-0.1, -0.05) is 66.2 Å². The lowest BCUT2D eigenvalue weighted by molar-refractivity contribution is -0.113. The smallest absolute Gasteiger partial charge is 0.286 e. The Labute approximate surface area is 201 Å². The minimum atomic E-state index is -0.260. The molecule has 5 rings (SSSR count). The number of ether oxygens (including phenoxy) is 1. The molecule has 2 aliphatic rings. The molecule has 0 bridgehead atoms. The van der Waals surface area contributed by atoms with Gasteiger partial charge in [0.25, 0.3) is 5.91 Å². The highest BCUT2D eigenvalue weighted by molar-refractivity contribution is 8.18. The van der Waals surface area contributed by atoms with E-state index in [1.54, 1.807) is 7.11 Å². The first-order valence-electron chi connectivity index (χ1n) is 10.4. The number of hydrazone groups is 1. The number of hydrogen-bond donors (Lipinski definition) is 0. The molecule has 0 N–H and O–H groups in total. The molecule has 0 spiro atoms. The number of carbonyl (C=O) groups is 1. The van der Waals surface area contributed by atoms with Crippen LogP contribution in [0.4, 0.5) is 0 Å². The van der Waals surface area contributed by atoms with E-state index in [4.69, 9.17) is 21.4 Å². The van der Waals surface area contributed by atoms with Crippen molar-refractivity contribution in [2.24, 2.45) is 10.1 Å². The van der Waals surface area contributed by atoms with Crippen LogP contribution in [0, 0.1) is 0 Å². The van der Waals surface area contributed by atoms with Crippen molar-refractivity contribution in [3.05, 3.63) is 105 Å². The van der Waals surface area contributed by atoms with Gasteiger partial charge in [-0.25, -0.2) is 5.01 Å². The summed E-state index contributed by atoms with van der Waals surface area (Å²) in [5.74, 6) is 0.508. The lowest BCUT2D eigenvalue weighted by Crippen LogP contribution is -2.23. The van der Waals surface area contributed by atoms with Gasteiger partial charge in [0.1, 0.15) is 5.75 Å². The SMILES string of the molecule is COc1ccc(/C=C2\SC(N3N=C(c4ccccc4)CC3c3ccc(Cl)cc3)=NC2=O)cc1. The molecular weight excluding hydrogens is 454 g/mol. The van der Waals surface area contributed by atoms with E-state index < -0.39 is 0 Å². The minimum Gasteiger partial charge on any atom is -0.497 e. The van der Waals surface area contributed by atoms with Gasteiger partial charge < -0.3 is 4.74 Å². The first-order chi connectivity index (χ1) is 16.1. The zero-order valence-corrected chi connectivity index (χ0v) is 19.4. The highest BCUT2D eigenvalue weighted by atomic mass is 35.5. The number of aliphatic imine (C=N–C) groups is 1. The van der Waals surface area contributed by atoms with E-state index in [0.29, 0.717) is 21.5 Å². The summed E-state index contributed by atoms with van der Waals surface area (Å²) < 4.78 is 5.21. The van der Waals surface area contributed by atoms with Crippen LogP contribution in [0.1, 0.15) is 29.2 Å². The van der Waals surface area contributed by atoms with Gasteiger partial charge in [-0.2, -0.15) is 10.1 Å². The number of rotatable bonds is 4. The molecule has 3 aromatic rings. The molecule has 3 aromatic carbocycles. The summed E-state index contributed by atoms with van der Waals surface area (Å²) in [7, 11) is 1.63. The number of amidine groups is 1. The summed E-state index contributed by atoms with van der Waals surface area (Å²) in [5.41, 5.74) is 3.99. The molecule has 0 radical (unpaired) electrons.